The zero-order valence-corrected chi connectivity index (χ0v) is 13.4. The Hall–Kier alpha value is -1.66. The van der Waals surface area contributed by atoms with Crippen LogP contribution in [0.25, 0.3) is 5.65 Å². The lowest BCUT2D eigenvalue weighted by atomic mass is 9.78. The highest BCUT2D eigenvalue weighted by molar-refractivity contribution is 5.95. The molecule has 2 aromatic rings. The number of amides is 1. The van der Waals surface area contributed by atoms with Crippen LogP contribution in [0.5, 0.6) is 0 Å². The van der Waals surface area contributed by atoms with Gasteiger partial charge in [0.1, 0.15) is 5.82 Å². The van der Waals surface area contributed by atoms with E-state index in [9.17, 15) is 4.79 Å². The zero-order chi connectivity index (χ0) is 14.4. The van der Waals surface area contributed by atoms with E-state index in [4.69, 9.17) is 0 Å². The fourth-order valence-corrected chi connectivity index (χ4v) is 3.61. The van der Waals surface area contributed by atoms with Crippen molar-refractivity contribution in [3.05, 3.63) is 24.0 Å². The van der Waals surface area contributed by atoms with Gasteiger partial charge in [0.15, 0.2) is 5.65 Å². The Morgan fingerprint density at radius 2 is 2.09 bits per heavy atom. The number of halogens is 1. The van der Waals surface area contributed by atoms with Gasteiger partial charge < -0.3 is 5.32 Å². The van der Waals surface area contributed by atoms with Gasteiger partial charge in [-0.05, 0) is 38.3 Å². The van der Waals surface area contributed by atoms with Gasteiger partial charge in [-0.3, -0.25) is 9.69 Å². The molecule has 7 heteroatoms. The van der Waals surface area contributed by atoms with Crippen molar-refractivity contribution in [1.82, 2.24) is 19.9 Å². The summed E-state index contributed by atoms with van der Waals surface area (Å²) in [5, 5.41) is 7.70. The first kappa shape index (κ1) is 15.2. The molecule has 4 heterocycles. The van der Waals surface area contributed by atoms with E-state index < -0.39 is 0 Å². The SMILES string of the molecule is Cc1cc(N2CC3(CCNCC3)CC2=O)n2nccc2n1.Cl. The van der Waals surface area contributed by atoms with Crippen molar-refractivity contribution in [2.75, 3.05) is 24.5 Å². The number of nitrogens with one attached hydrogen (secondary N) is 1. The van der Waals surface area contributed by atoms with Crippen molar-refractivity contribution in [2.24, 2.45) is 5.41 Å². The second-order valence-corrected chi connectivity index (χ2v) is 6.26. The van der Waals surface area contributed by atoms with Crippen molar-refractivity contribution in [2.45, 2.75) is 26.2 Å². The fourth-order valence-electron chi connectivity index (χ4n) is 3.61. The molecule has 6 nitrogen and oxygen atoms in total. The number of fused-ring (bicyclic) bond motifs is 1. The van der Waals surface area contributed by atoms with Crippen LogP contribution in [0.4, 0.5) is 5.82 Å². The normalized spacial score (nSPS) is 20.6. The number of carbonyl (C=O) groups excluding carboxylic acids is 1. The van der Waals surface area contributed by atoms with Crippen molar-refractivity contribution >= 4 is 29.8 Å². The van der Waals surface area contributed by atoms with E-state index in [0.29, 0.717) is 6.42 Å². The third-order valence-electron chi connectivity index (χ3n) is 4.73. The quantitative estimate of drug-likeness (QED) is 0.866. The predicted molar refractivity (Wildman–Crippen MR) is 86.5 cm³/mol. The van der Waals surface area contributed by atoms with Crippen LogP contribution in [0.2, 0.25) is 0 Å². The van der Waals surface area contributed by atoms with Gasteiger partial charge in [-0.1, -0.05) is 0 Å². The number of anilines is 1. The first-order chi connectivity index (χ1) is 10.2. The van der Waals surface area contributed by atoms with Gasteiger partial charge in [0.05, 0.1) is 6.20 Å². The Bertz CT molecular complexity index is 707. The summed E-state index contributed by atoms with van der Waals surface area (Å²) in [6.07, 6.45) is 4.52. The Kier molecular flexibility index (Phi) is 3.82. The highest BCUT2D eigenvalue weighted by Crippen LogP contribution is 2.41. The molecule has 0 bridgehead atoms. The molecule has 0 atom stereocenters. The molecule has 0 unspecified atom stereocenters. The van der Waals surface area contributed by atoms with E-state index in [-0.39, 0.29) is 23.7 Å². The van der Waals surface area contributed by atoms with Crippen LogP contribution in [-0.2, 0) is 4.79 Å². The third kappa shape index (κ3) is 2.36. The molecule has 0 aliphatic carbocycles. The van der Waals surface area contributed by atoms with Crippen molar-refractivity contribution in [1.29, 1.82) is 0 Å². The topological polar surface area (TPSA) is 62.5 Å². The summed E-state index contributed by atoms with van der Waals surface area (Å²) in [4.78, 5) is 18.9. The molecule has 4 rings (SSSR count). The summed E-state index contributed by atoms with van der Waals surface area (Å²) >= 11 is 0. The fraction of sp³-hybridized carbons (Fsp3) is 0.533. The summed E-state index contributed by atoms with van der Waals surface area (Å²) < 4.78 is 1.77. The lowest BCUT2D eigenvalue weighted by molar-refractivity contribution is -0.118. The highest BCUT2D eigenvalue weighted by Gasteiger charge is 2.44. The largest absolute Gasteiger partial charge is 0.317 e. The zero-order valence-electron chi connectivity index (χ0n) is 12.6. The number of carbonyl (C=O) groups is 1. The predicted octanol–water partition coefficient (Wildman–Crippen LogP) is 1.57. The van der Waals surface area contributed by atoms with Crippen LogP contribution in [0, 0.1) is 12.3 Å². The van der Waals surface area contributed by atoms with Crippen LogP contribution in [-0.4, -0.2) is 40.1 Å². The number of hydrogen-bond acceptors (Lipinski definition) is 4. The van der Waals surface area contributed by atoms with Gasteiger partial charge in [-0.25, -0.2) is 4.98 Å². The van der Waals surface area contributed by atoms with Gasteiger partial charge in [-0.15, -0.1) is 12.4 Å². The summed E-state index contributed by atoms with van der Waals surface area (Å²) in [5.74, 6) is 1.06. The number of hydrogen-bond donors (Lipinski definition) is 1. The molecule has 0 saturated carbocycles. The van der Waals surface area contributed by atoms with E-state index in [1.807, 2.05) is 24.0 Å². The average Bonchev–Trinajstić information content (AvgIpc) is 3.04. The molecule has 2 aromatic heterocycles. The summed E-state index contributed by atoms with van der Waals surface area (Å²) in [6.45, 7) is 4.77. The van der Waals surface area contributed by atoms with E-state index in [2.05, 4.69) is 15.4 Å². The average molecular weight is 322 g/mol. The van der Waals surface area contributed by atoms with Crippen molar-refractivity contribution in [3.8, 4) is 0 Å². The molecular weight excluding hydrogens is 302 g/mol. The molecule has 2 fully saturated rings. The molecule has 0 aromatic carbocycles. The molecule has 2 aliphatic heterocycles. The first-order valence-electron chi connectivity index (χ1n) is 7.49. The molecular formula is C15H20ClN5O. The number of nitrogens with zero attached hydrogens (tertiary/aromatic N) is 4. The lowest BCUT2D eigenvalue weighted by Crippen LogP contribution is -2.39. The van der Waals surface area contributed by atoms with E-state index in [0.717, 1.165) is 49.6 Å². The minimum atomic E-state index is 0. The first-order valence-corrected chi connectivity index (χ1v) is 7.49. The van der Waals surface area contributed by atoms with Gasteiger partial charge in [0.25, 0.3) is 0 Å². The van der Waals surface area contributed by atoms with E-state index >= 15 is 0 Å². The minimum absolute atomic E-state index is 0. The molecule has 118 valence electrons. The molecule has 0 radical (unpaired) electrons. The number of aryl methyl sites for hydroxylation is 1. The number of aromatic nitrogens is 3. The van der Waals surface area contributed by atoms with Crippen molar-refractivity contribution in [3.63, 3.8) is 0 Å². The Morgan fingerprint density at radius 1 is 1.32 bits per heavy atom. The highest BCUT2D eigenvalue weighted by atomic mass is 35.5. The molecule has 1 amide bonds. The van der Waals surface area contributed by atoms with Gasteiger partial charge in [0, 0.05) is 30.8 Å². The maximum atomic E-state index is 12.6. The second-order valence-electron chi connectivity index (χ2n) is 6.26. The smallest absolute Gasteiger partial charge is 0.228 e. The minimum Gasteiger partial charge on any atom is -0.317 e. The second kappa shape index (κ2) is 5.52. The van der Waals surface area contributed by atoms with Crippen LogP contribution < -0.4 is 10.2 Å². The van der Waals surface area contributed by atoms with Gasteiger partial charge in [-0.2, -0.15) is 9.61 Å². The van der Waals surface area contributed by atoms with Crippen LogP contribution >= 0.6 is 12.4 Å². The van der Waals surface area contributed by atoms with Crippen molar-refractivity contribution < 1.29 is 4.79 Å². The molecule has 1 spiro atoms. The van der Waals surface area contributed by atoms with Gasteiger partial charge in [0.2, 0.25) is 5.91 Å². The third-order valence-corrected chi connectivity index (χ3v) is 4.73. The van der Waals surface area contributed by atoms with Crippen LogP contribution in [0.3, 0.4) is 0 Å². The lowest BCUT2D eigenvalue weighted by Gasteiger charge is -2.33. The number of rotatable bonds is 1. The maximum absolute atomic E-state index is 12.6. The summed E-state index contributed by atoms with van der Waals surface area (Å²) in [7, 11) is 0. The Morgan fingerprint density at radius 3 is 2.86 bits per heavy atom. The van der Waals surface area contributed by atoms with Crippen LogP contribution in [0.1, 0.15) is 25.0 Å². The number of piperidine rings is 1. The van der Waals surface area contributed by atoms with E-state index in [1.165, 1.54) is 0 Å². The van der Waals surface area contributed by atoms with Crippen LogP contribution in [0.15, 0.2) is 18.3 Å². The maximum Gasteiger partial charge on any atom is 0.228 e. The molecule has 1 N–H and O–H groups in total. The monoisotopic (exact) mass is 321 g/mol. The molecule has 22 heavy (non-hydrogen) atoms. The molecule has 2 aliphatic rings. The molecule has 2 saturated heterocycles. The van der Waals surface area contributed by atoms with E-state index in [1.54, 1.807) is 10.7 Å². The summed E-state index contributed by atoms with van der Waals surface area (Å²) in [6, 6.07) is 3.83. The summed E-state index contributed by atoms with van der Waals surface area (Å²) in [5.41, 5.74) is 1.85. The Balaban J connectivity index is 0.00000144. The standard InChI is InChI=1S/C15H19N5O.ClH/c1-11-8-13(20-12(18-11)2-5-17-20)19-10-15(9-14(19)21)3-6-16-7-4-15;/h2,5,8,16H,3-4,6-7,9-10H2,1H3;1H. The van der Waals surface area contributed by atoms with Gasteiger partial charge >= 0.3 is 0 Å². The Labute approximate surface area is 135 Å².